The van der Waals surface area contributed by atoms with E-state index in [1.54, 1.807) is 11.8 Å². The summed E-state index contributed by atoms with van der Waals surface area (Å²) in [5.74, 6) is 0.622. The highest BCUT2D eigenvalue weighted by Crippen LogP contribution is 2.24. The summed E-state index contributed by atoms with van der Waals surface area (Å²) >= 11 is 1.68. The number of nitrogens with zero attached hydrogens (tertiary/aromatic N) is 2. The van der Waals surface area contributed by atoms with Crippen molar-refractivity contribution >= 4 is 28.4 Å². The van der Waals surface area contributed by atoms with Gasteiger partial charge in [0.15, 0.2) is 11.0 Å². The second kappa shape index (κ2) is 8.30. The molecule has 0 aromatic heterocycles. The van der Waals surface area contributed by atoms with Gasteiger partial charge in [-0.2, -0.15) is 0 Å². The van der Waals surface area contributed by atoms with Gasteiger partial charge in [0.05, 0.1) is 6.54 Å². The number of rotatable bonds is 5. The van der Waals surface area contributed by atoms with Gasteiger partial charge in [-0.1, -0.05) is 30.8 Å². The molecule has 0 spiro atoms. The number of hydrogen-bond donors (Lipinski definition) is 0. The van der Waals surface area contributed by atoms with Gasteiger partial charge in [0.2, 0.25) is 0 Å². The Balaban J connectivity index is 1.86. The third-order valence-electron chi connectivity index (χ3n) is 4.14. The van der Waals surface area contributed by atoms with E-state index in [1.165, 1.54) is 29.8 Å². The fraction of sp³-hybridized carbons (Fsp3) is 0.300. The Bertz CT molecular complexity index is 756. The summed E-state index contributed by atoms with van der Waals surface area (Å²) in [5.41, 5.74) is 2.73. The third kappa shape index (κ3) is 4.48. The Labute approximate surface area is 152 Å². The van der Waals surface area contributed by atoms with E-state index >= 15 is 0 Å². The average molecular weight is 356 g/mol. The number of hydrogen-bond acceptors (Lipinski definition) is 4. The fourth-order valence-electron chi connectivity index (χ4n) is 2.66. The molecular formula is C20H21FN2OS. The first-order chi connectivity index (χ1) is 12.2. The summed E-state index contributed by atoms with van der Waals surface area (Å²) in [6.07, 6.45) is 2.03. The summed E-state index contributed by atoms with van der Waals surface area (Å²) in [6.45, 7) is 3.10. The molecule has 0 aliphatic carbocycles. The number of carbonyl (C=O) groups is 1. The number of aryl methyl sites for hydroxylation is 1. The Hall–Kier alpha value is -2.14. The molecule has 0 amide bonds. The number of anilines is 1. The van der Waals surface area contributed by atoms with Crippen LogP contribution in [0.1, 0.15) is 29.3 Å². The molecule has 0 fully saturated rings. The van der Waals surface area contributed by atoms with Crippen LogP contribution in [0.2, 0.25) is 0 Å². The number of amidine groups is 1. The number of thioether (sulfide) groups is 1. The quantitative estimate of drug-likeness (QED) is 0.736. The second-order valence-electron chi connectivity index (χ2n) is 5.90. The van der Waals surface area contributed by atoms with Crippen LogP contribution in [0, 0.1) is 5.82 Å². The molecule has 0 atom stereocenters. The van der Waals surface area contributed by atoms with Crippen molar-refractivity contribution in [2.24, 2.45) is 4.99 Å². The van der Waals surface area contributed by atoms with Gasteiger partial charge in [-0.3, -0.25) is 9.79 Å². The summed E-state index contributed by atoms with van der Waals surface area (Å²) in [4.78, 5) is 19.2. The molecule has 130 valence electrons. The van der Waals surface area contributed by atoms with Crippen molar-refractivity contribution in [3.8, 4) is 0 Å². The Morgan fingerprint density at radius 3 is 2.48 bits per heavy atom. The molecule has 3 nitrogen and oxygen atoms in total. The van der Waals surface area contributed by atoms with E-state index in [-0.39, 0.29) is 18.1 Å². The first-order valence-electron chi connectivity index (χ1n) is 8.50. The molecule has 0 unspecified atom stereocenters. The maximum Gasteiger partial charge on any atom is 0.182 e. The van der Waals surface area contributed by atoms with Gasteiger partial charge < -0.3 is 4.90 Å². The minimum Gasteiger partial charge on any atom is -0.313 e. The van der Waals surface area contributed by atoms with E-state index in [0.717, 1.165) is 36.0 Å². The van der Waals surface area contributed by atoms with Gasteiger partial charge in [-0.05, 0) is 54.8 Å². The molecule has 2 aromatic carbocycles. The molecule has 0 radical (unpaired) electrons. The van der Waals surface area contributed by atoms with Crippen molar-refractivity contribution < 1.29 is 9.18 Å². The van der Waals surface area contributed by atoms with E-state index in [0.29, 0.717) is 5.56 Å². The van der Waals surface area contributed by atoms with Gasteiger partial charge >= 0.3 is 0 Å². The number of benzene rings is 2. The minimum atomic E-state index is -0.337. The van der Waals surface area contributed by atoms with Crippen LogP contribution < -0.4 is 4.90 Å². The van der Waals surface area contributed by atoms with Gasteiger partial charge in [-0.25, -0.2) is 4.39 Å². The number of ketones is 1. The number of halogens is 1. The standard InChI is InChI=1S/C20H21FN2OS/c1-2-15-4-10-18(11-5-15)23(20-22-12-3-13-25-20)14-19(24)16-6-8-17(21)9-7-16/h4-11H,2-3,12-14H2,1H3. The highest BCUT2D eigenvalue weighted by atomic mass is 32.2. The van der Waals surface area contributed by atoms with Crippen LogP contribution in [0.15, 0.2) is 53.5 Å². The monoisotopic (exact) mass is 356 g/mol. The van der Waals surface area contributed by atoms with Crippen LogP contribution in [0.25, 0.3) is 0 Å². The molecule has 25 heavy (non-hydrogen) atoms. The van der Waals surface area contributed by atoms with Crippen LogP contribution in [0.3, 0.4) is 0 Å². The van der Waals surface area contributed by atoms with Crippen LogP contribution in [0.4, 0.5) is 10.1 Å². The average Bonchev–Trinajstić information content (AvgIpc) is 2.67. The largest absolute Gasteiger partial charge is 0.313 e. The first kappa shape index (κ1) is 17.7. The van der Waals surface area contributed by atoms with Gasteiger partial charge in [0.25, 0.3) is 0 Å². The zero-order valence-corrected chi connectivity index (χ0v) is 15.1. The number of carbonyl (C=O) groups excluding carboxylic acids is 1. The highest BCUT2D eigenvalue weighted by Gasteiger charge is 2.20. The van der Waals surface area contributed by atoms with Crippen molar-refractivity contribution in [1.82, 2.24) is 0 Å². The number of aliphatic imine (C=N–C) groups is 1. The molecule has 0 N–H and O–H groups in total. The van der Waals surface area contributed by atoms with Crippen LogP contribution in [0.5, 0.6) is 0 Å². The zero-order chi connectivity index (χ0) is 17.6. The normalized spacial score (nSPS) is 14.1. The van der Waals surface area contributed by atoms with Crippen molar-refractivity contribution in [3.05, 3.63) is 65.5 Å². The van der Waals surface area contributed by atoms with Crippen LogP contribution in [-0.2, 0) is 6.42 Å². The summed E-state index contributed by atoms with van der Waals surface area (Å²) in [7, 11) is 0. The van der Waals surface area contributed by atoms with Crippen molar-refractivity contribution in [3.63, 3.8) is 0 Å². The molecule has 1 aliphatic heterocycles. The Kier molecular flexibility index (Phi) is 5.87. The van der Waals surface area contributed by atoms with Crippen LogP contribution >= 0.6 is 11.8 Å². The third-order valence-corrected chi connectivity index (χ3v) is 5.24. The lowest BCUT2D eigenvalue weighted by Crippen LogP contribution is -2.35. The van der Waals surface area contributed by atoms with E-state index in [9.17, 15) is 9.18 Å². The van der Waals surface area contributed by atoms with E-state index in [2.05, 4.69) is 24.0 Å². The van der Waals surface area contributed by atoms with E-state index in [1.807, 2.05) is 17.0 Å². The molecule has 0 bridgehead atoms. The lowest BCUT2D eigenvalue weighted by atomic mass is 10.1. The van der Waals surface area contributed by atoms with Gasteiger partial charge in [-0.15, -0.1) is 0 Å². The topological polar surface area (TPSA) is 32.7 Å². The fourth-order valence-corrected chi connectivity index (χ4v) is 3.63. The molecule has 2 aromatic rings. The lowest BCUT2D eigenvalue weighted by molar-refractivity contribution is 0.100. The predicted octanol–water partition coefficient (Wildman–Crippen LogP) is 4.57. The summed E-state index contributed by atoms with van der Waals surface area (Å²) in [6, 6.07) is 13.9. The van der Waals surface area contributed by atoms with Gasteiger partial charge in [0.1, 0.15) is 5.82 Å². The maximum atomic E-state index is 13.1. The SMILES string of the molecule is CCc1ccc(N(CC(=O)c2ccc(F)cc2)C2=NCCCS2)cc1. The molecule has 3 rings (SSSR count). The molecule has 0 saturated heterocycles. The van der Waals surface area contributed by atoms with E-state index in [4.69, 9.17) is 0 Å². The van der Waals surface area contributed by atoms with Crippen molar-refractivity contribution in [2.75, 3.05) is 23.7 Å². The minimum absolute atomic E-state index is 0.0477. The lowest BCUT2D eigenvalue weighted by Gasteiger charge is -2.27. The van der Waals surface area contributed by atoms with E-state index < -0.39 is 0 Å². The second-order valence-corrected chi connectivity index (χ2v) is 6.96. The van der Waals surface area contributed by atoms with Crippen molar-refractivity contribution in [2.45, 2.75) is 19.8 Å². The molecular weight excluding hydrogens is 335 g/mol. The molecule has 5 heteroatoms. The van der Waals surface area contributed by atoms with Gasteiger partial charge in [0, 0.05) is 23.5 Å². The Morgan fingerprint density at radius 1 is 1.16 bits per heavy atom. The smallest absolute Gasteiger partial charge is 0.182 e. The summed E-state index contributed by atoms with van der Waals surface area (Å²) < 4.78 is 13.1. The predicted molar refractivity (Wildman–Crippen MR) is 103 cm³/mol. The summed E-state index contributed by atoms with van der Waals surface area (Å²) in [5, 5.41) is 0.881. The zero-order valence-electron chi connectivity index (χ0n) is 14.2. The molecule has 1 heterocycles. The molecule has 1 aliphatic rings. The van der Waals surface area contributed by atoms with Crippen LogP contribution in [-0.4, -0.2) is 29.8 Å². The highest BCUT2D eigenvalue weighted by molar-refractivity contribution is 8.14. The molecule has 0 saturated carbocycles. The Morgan fingerprint density at radius 2 is 1.88 bits per heavy atom. The van der Waals surface area contributed by atoms with Crippen molar-refractivity contribution in [1.29, 1.82) is 0 Å². The number of Topliss-reactive ketones (excluding diaryl/α,β-unsaturated/α-hetero) is 1. The maximum absolute atomic E-state index is 13.1. The first-order valence-corrected chi connectivity index (χ1v) is 9.48.